The highest BCUT2D eigenvalue weighted by Crippen LogP contribution is 2.35. The van der Waals surface area contributed by atoms with E-state index in [9.17, 15) is 26.4 Å². The van der Waals surface area contributed by atoms with E-state index >= 15 is 0 Å². The zero-order chi connectivity index (χ0) is 20.4. The molecule has 0 aromatic heterocycles. The Balaban J connectivity index is 2.38. The number of alkyl halides is 3. The Kier molecular flexibility index (Phi) is 6.06. The van der Waals surface area contributed by atoms with Gasteiger partial charge in [0.05, 0.1) is 23.2 Å². The van der Waals surface area contributed by atoms with Crippen LogP contribution in [0.5, 0.6) is 0 Å². The quantitative estimate of drug-likeness (QED) is 0.790. The minimum atomic E-state index is -4.67. The summed E-state index contributed by atoms with van der Waals surface area (Å²) in [5.41, 5.74) is -1.36. The number of carbonyl (C=O) groups excluding carboxylic acids is 1. The third-order valence-electron chi connectivity index (χ3n) is 3.64. The number of nitrogens with one attached hydrogen (secondary N) is 1. The van der Waals surface area contributed by atoms with Crippen molar-refractivity contribution in [2.45, 2.75) is 19.1 Å². The van der Waals surface area contributed by atoms with E-state index in [1.807, 2.05) is 0 Å². The van der Waals surface area contributed by atoms with Crippen molar-refractivity contribution in [1.29, 1.82) is 0 Å². The molecule has 0 radical (unpaired) electrons. The van der Waals surface area contributed by atoms with E-state index in [4.69, 9.17) is 11.6 Å². The lowest BCUT2D eigenvalue weighted by atomic mass is 10.1. The molecule has 27 heavy (non-hydrogen) atoms. The van der Waals surface area contributed by atoms with E-state index in [2.05, 4.69) is 5.32 Å². The molecule has 0 aliphatic rings. The predicted octanol–water partition coefficient (Wildman–Crippen LogP) is 4.15. The number of sulfonamides is 1. The molecule has 5 nitrogen and oxygen atoms in total. The Morgan fingerprint density at radius 2 is 1.78 bits per heavy atom. The highest BCUT2D eigenvalue weighted by Gasteiger charge is 2.35. The second-order valence-corrected chi connectivity index (χ2v) is 8.04. The summed E-state index contributed by atoms with van der Waals surface area (Å²) >= 11 is 5.88. The molecule has 146 valence electrons. The molecular weight excluding hydrogens is 405 g/mol. The molecule has 2 aromatic carbocycles. The number of halogens is 4. The minimum absolute atomic E-state index is 0.122. The SMILES string of the molecule is C[C@@H](C(=O)Nc1ccccc1C(F)(F)F)N(c1cccc(Cl)c1)S(C)(=O)=O. The van der Waals surface area contributed by atoms with E-state index in [-0.39, 0.29) is 10.7 Å². The first-order chi connectivity index (χ1) is 12.4. The lowest BCUT2D eigenvalue weighted by molar-refractivity contribution is -0.137. The van der Waals surface area contributed by atoms with Gasteiger partial charge in [-0.3, -0.25) is 9.10 Å². The second-order valence-electron chi connectivity index (χ2n) is 5.75. The number of benzene rings is 2. The largest absolute Gasteiger partial charge is 0.418 e. The average Bonchev–Trinajstić information content (AvgIpc) is 2.53. The van der Waals surface area contributed by atoms with E-state index in [1.165, 1.54) is 43.3 Å². The fourth-order valence-electron chi connectivity index (χ4n) is 2.50. The van der Waals surface area contributed by atoms with E-state index < -0.39 is 39.4 Å². The van der Waals surface area contributed by atoms with Crippen LogP contribution in [0.3, 0.4) is 0 Å². The van der Waals surface area contributed by atoms with Crippen LogP contribution in [0.2, 0.25) is 5.02 Å². The molecule has 1 atom stereocenters. The molecule has 2 rings (SSSR count). The number of nitrogens with zero attached hydrogens (tertiary/aromatic N) is 1. The van der Waals surface area contributed by atoms with Gasteiger partial charge in [0.1, 0.15) is 6.04 Å². The summed E-state index contributed by atoms with van der Waals surface area (Å²) in [4.78, 5) is 12.5. The van der Waals surface area contributed by atoms with Crippen molar-refractivity contribution in [2.24, 2.45) is 0 Å². The van der Waals surface area contributed by atoms with Crippen molar-refractivity contribution in [3.63, 3.8) is 0 Å². The van der Waals surface area contributed by atoms with Gasteiger partial charge in [0.15, 0.2) is 0 Å². The van der Waals surface area contributed by atoms with Crippen LogP contribution in [0.4, 0.5) is 24.5 Å². The number of anilines is 2. The Morgan fingerprint density at radius 3 is 2.33 bits per heavy atom. The van der Waals surface area contributed by atoms with Gasteiger partial charge in [-0.05, 0) is 37.3 Å². The molecule has 10 heteroatoms. The third kappa shape index (κ3) is 5.14. The minimum Gasteiger partial charge on any atom is -0.324 e. The maximum absolute atomic E-state index is 13.1. The van der Waals surface area contributed by atoms with Gasteiger partial charge in [-0.15, -0.1) is 0 Å². The van der Waals surface area contributed by atoms with Crippen LogP contribution in [-0.2, 0) is 21.0 Å². The second kappa shape index (κ2) is 7.77. The third-order valence-corrected chi connectivity index (χ3v) is 5.12. The van der Waals surface area contributed by atoms with Gasteiger partial charge in [0.25, 0.3) is 0 Å². The Morgan fingerprint density at radius 1 is 1.15 bits per heavy atom. The number of para-hydroxylation sites is 1. The molecular formula is C17H16ClF3N2O3S. The molecule has 0 heterocycles. The van der Waals surface area contributed by atoms with E-state index in [0.717, 1.165) is 22.7 Å². The summed E-state index contributed by atoms with van der Waals surface area (Å²) in [5.74, 6) is -0.919. The van der Waals surface area contributed by atoms with Crippen LogP contribution in [-0.4, -0.2) is 26.6 Å². The Labute approximate surface area is 159 Å². The van der Waals surface area contributed by atoms with Crippen LogP contribution in [0.25, 0.3) is 0 Å². The van der Waals surface area contributed by atoms with Crippen molar-refractivity contribution < 1.29 is 26.4 Å². The summed E-state index contributed by atoms with van der Waals surface area (Å²) in [6.07, 6.45) is -3.78. The van der Waals surface area contributed by atoms with Gasteiger partial charge >= 0.3 is 6.18 Å². The van der Waals surface area contributed by atoms with Crippen molar-refractivity contribution in [1.82, 2.24) is 0 Å². The standard InChI is InChI=1S/C17H16ClF3N2O3S/c1-11(23(27(2,25)26)13-7-5-6-12(18)10-13)16(24)22-15-9-4-3-8-14(15)17(19,20)21/h3-11H,1-2H3,(H,22,24)/t11-/m0/s1. The van der Waals surface area contributed by atoms with Crippen molar-refractivity contribution in [3.05, 3.63) is 59.1 Å². The molecule has 0 saturated heterocycles. The maximum atomic E-state index is 13.1. The smallest absolute Gasteiger partial charge is 0.324 e. The van der Waals surface area contributed by atoms with Crippen LogP contribution in [0, 0.1) is 0 Å². The van der Waals surface area contributed by atoms with E-state index in [1.54, 1.807) is 0 Å². The lowest BCUT2D eigenvalue weighted by Gasteiger charge is -2.28. The van der Waals surface area contributed by atoms with Crippen molar-refractivity contribution in [3.8, 4) is 0 Å². The number of rotatable bonds is 5. The van der Waals surface area contributed by atoms with Gasteiger partial charge in [0, 0.05) is 5.02 Å². The Hall–Kier alpha value is -2.26. The molecule has 0 fully saturated rings. The zero-order valence-corrected chi connectivity index (χ0v) is 15.9. The van der Waals surface area contributed by atoms with Crippen LogP contribution in [0.1, 0.15) is 12.5 Å². The summed E-state index contributed by atoms with van der Waals surface area (Å²) < 4.78 is 64.4. The number of amides is 1. The first-order valence-electron chi connectivity index (χ1n) is 7.63. The van der Waals surface area contributed by atoms with E-state index in [0.29, 0.717) is 0 Å². The molecule has 0 unspecified atom stereocenters. The number of carbonyl (C=O) groups is 1. The van der Waals surface area contributed by atoms with Gasteiger partial charge in [-0.1, -0.05) is 29.8 Å². The van der Waals surface area contributed by atoms with Crippen LogP contribution >= 0.6 is 11.6 Å². The summed E-state index contributed by atoms with van der Waals surface area (Å²) in [6, 6.07) is 8.92. The fourth-order valence-corrected chi connectivity index (χ4v) is 3.85. The molecule has 0 spiro atoms. The first kappa shape index (κ1) is 21.0. The van der Waals surface area contributed by atoms with Crippen LogP contribution < -0.4 is 9.62 Å². The fraction of sp³-hybridized carbons (Fsp3) is 0.235. The van der Waals surface area contributed by atoms with Crippen molar-refractivity contribution >= 4 is 38.9 Å². The molecule has 0 aliphatic carbocycles. The molecule has 1 amide bonds. The topological polar surface area (TPSA) is 66.5 Å². The maximum Gasteiger partial charge on any atom is 0.418 e. The number of hydrogen-bond acceptors (Lipinski definition) is 3. The molecule has 0 bridgehead atoms. The first-order valence-corrected chi connectivity index (χ1v) is 9.86. The van der Waals surface area contributed by atoms with Gasteiger partial charge < -0.3 is 5.32 Å². The summed E-state index contributed by atoms with van der Waals surface area (Å²) in [5, 5.41) is 2.40. The van der Waals surface area contributed by atoms with Gasteiger partial charge in [0.2, 0.25) is 15.9 Å². The monoisotopic (exact) mass is 420 g/mol. The summed E-state index contributed by atoms with van der Waals surface area (Å²) in [7, 11) is -3.92. The molecule has 2 aromatic rings. The van der Waals surface area contributed by atoms with Gasteiger partial charge in [-0.25, -0.2) is 8.42 Å². The molecule has 0 aliphatic heterocycles. The Bertz CT molecular complexity index is 948. The molecule has 0 saturated carbocycles. The number of hydrogen-bond donors (Lipinski definition) is 1. The molecule has 1 N–H and O–H groups in total. The summed E-state index contributed by atoms with van der Waals surface area (Å²) in [6.45, 7) is 1.27. The van der Waals surface area contributed by atoms with Crippen LogP contribution in [0.15, 0.2) is 48.5 Å². The van der Waals surface area contributed by atoms with Crippen molar-refractivity contribution in [2.75, 3.05) is 15.9 Å². The van der Waals surface area contributed by atoms with Gasteiger partial charge in [-0.2, -0.15) is 13.2 Å². The average molecular weight is 421 g/mol. The lowest BCUT2D eigenvalue weighted by Crippen LogP contribution is -2.45. The zero-order valence-electron chi connectivity index (χ0n) is 14.3. The predicted molar refractivity (Wildman–Crippen MR) is 98.3 cm³/mol. The normalized spacial score (nSPS) is 13.1. The highest BCUT2D eigenvalue weighted by molar-refractivity contribution is 7.92. The highest BCUT2D eigenvalue weighted by atomic mass is 35.5.